The number of ether oxygens (including phenoxy) is 2. The van der Waals surface area contributed by atoms with Gasteiger partial charge in [-0.3, -0.25) is 4.79 Å². The zero-order chi connectivity index (χ0) is 23.7. The fourth-order valence-electron chi connectivity index (χ4n) is 4.85. The summed E-state index contributed by atoms with van der Waals surface area (Å²) < 4.78 is 10.8. The topological polar surface area (TPSA) is 100 Å². The van der Waals surface area contributed by atoms with Crippen LogP contribution in [0.3, 0.4) is 0 Å². The van der Waals surface area contributed by atoms with Gasteiger partial charge in [0.05, 0.1) is 17.1 Å². The summed E-state index contributed by atoms with van der Waals surface area (Å²) in [6, 6.07) is 15.3. The molecule has 34 heavy (non-hydrogen) atoms. The molecular formula is C26H27N5O3. The largest absolute Gasteiger partial charge is 0.454 e. The second-order valence-electron chi connectivity index (χ2n) is 9.24. The van der Waals surface area contributed by atoms with Crippen molar-refractivity contribution in [1.82, 2.24) is 15.3 Å². The van der Waals surface area contributed by atoms with Gasteiger partial charge in [0.1, 0.15) is 5.69 Å². The molecule has 1 saturated heterocycles. The van der Waals surface area contributed by atoms with Crippen molar-refractivity contribution in [3.8, 4) is 17.6 Å². The van der Waals surface area contributed by atoms with Crippen molar-refractivity contribution < 1.29 is 14.3 Å². The van der Waals surface area contributed by atoms with E-state index < -0.39 is 11.8 Å². The lowest BCUT2D eigenvalue weighted by molar-refractivity contribution is -0.121. The van der Waals surface area contributed by atoms with Crippen molar-refractivity contribution in [3.05, 3.63) is 53.7 Å². The number of nitriles is 1. The van der Waals surface area contributed by atoms with Gasteiger partial charge < -0.3 is 19.7 Å². The number of hydrogen-bond acceptors (Lipinski definition) is 7. The number of fused-ring (bicyclic) bond motifs is 2. The van der Waals surface area contributed by atoms with Crippen molar-refractivity contribution in [3.63, 3.8) is 0 Å². The summed E-state index contributed by atoms with van der Waals surface area (Å²) in [6.45, 7) is 6.54. The van der Waals surface area contributed by atoms with Gasteiger partial charge in [0, 0.05) is 19.6 Å². The monoisotopic (exact) mass is 457 g/mol. The molecule has 0 saturated carbocycles. The number of rotatable bonds is 5. The highest BCUT2D eigenvalue weighted by atomic mass is 16.7. The van der Waals surface area contributed by atoms with Crippen LogP contribution in [0.4, 0.5) is 5.82 Å². The van der Waals surface area contributed by atoms with E-state index in [1.54, 1.807) is 0 Å². The van der Waals surface area contributed by atoms with E-state index in [0.717, 1.165) is 30.6 Å². The first-order chi connectivity index (χ1) is 16.5. The molecule has 1 N–H and O–H groups in total. The number of aromatic nitrogens is 2. The van der Waals surface area contributed by atoms with Crippen LogP contribution in [0.15, 0.2) is 42.5 Å². The van der Waals surface area contributed by atoms with E-state index in [1.165, 1.54) is 0 Å². The number of nitrogens with one attached hydrogen (secondary N) is 1. The van der Waals surface area contributed by atoms with Crippen molar-refractivity contribution in [2.45, 2.75) is 32.7 Å². The lowest BCUT2D eigenvalue weighted by Crippen LogP contribution is -2.40. The van der Waals surface area contributed by atoms with Gasteiger partial charge in [-0.05, 0) is 48.1 Å². The molecule has 1 fully saturated rings. The molecule has 174 valence electrons. The molecule has 2 aliphatic rings. The number of hydrogen-bond donors (Lipinski definition) is 1. The fraction of sp³-hybridized carbons (Fsp3) is 0.385. The van der Waals surface area contributed by atoms with Gasteiger partial charge in [0.25, 0.3) is 0 Å². The number of anilines is 1. The van der Waals surface area contributed by atoms with E-state index in [-0.39, 0.29) is 13.3 Å². The molecule has 2 aliphatic heterocycles. The zero-order valence-corrected chi connectivity index (χ0v) is 19.3. The number of carbonyl (C=O) groups excluding carboxylic acids is 1. The van der Waals surface area contributed by atoms with E-state index in [9.17, 15) is 10.1 Å². The molecule has 1 amide bonds. The Bertz CT molecular complexity index is 1260. The Morgan fingerprint density at radius 3 is 2.56 bits per heavy atom. The van der Waals surface area contributed by atoms with Crippen molar-refractivity contribution in [1.29, 1.82) is 5.26 Å². The molecule has 3 aromatic rings. The molecule has 0 bridgehead atoms. The normalized spacial score (nSPS) is 20.1. The summed E-state index contributed by atoms with van der Waals surface area (Å²) >= 11 is 0. The third kappa shape index (κ3) is 4.34. The Labute approximate surface area is 198 Å². The maximum atomic E-state index is 13.2. The van der Waals surface area contributed by atoms with E-state index in [1.807, 2.05) is 42.5 Å². The van der Waals surface area contributed by atoms with E-state index in [4.69, 9.17) is 19.4 Å². The van der Waals surface area contributed by atoms with Crippen molar-refractivity contribution >= 4 is 22.8 Å². The Kier molecular flexibility index (Phi) is 5.93. The predicted octanol–water partition coefficient (Wildman–Crippen LogP) is 3.76. The number of nitrogens with zero attached hydrogens (tertiary/aromatic N) is 4. The van der Waals surface area contributed by atoms with E-state index in [2.05, 4.69) is 30.1 Å². The molecule has 0 radical (unpaired) electrons. The number of amides is 1. The van der Waals surface area contributed by atoms with Gasteiger partial charge in [-0.15, -0.1) is 0 Å². The number of carbonyl (C=O) groups is 1. The molecule has 2 aromatic carbocycles. The van der Waals surface area contributed by atoms with Crippen LogP contribution in [0.25, 0.3) is 11.0 Å². The lowest BCUT2D eigenvalue weighted by atomic mass is 9.91. The summed E-state index contributed by atoms with van der Waals surface area (Å²) in [5.74, 6) is 1.47. The molecule has 0 spiro atoms. The fourth-order valence-corrected chi connectivity index (χ4v) is 4.85. The zero-order valence-electron chi connectivity index (χ0n) is 19.3. The van der Waals surface area contributed by atoms with E-state index in [0.29, 0.717) is 40.4 Å². The Morgan fingerprint density at radius 1 is 1.12 bits per heavy atom. The molecule has 3 heterocycles. The number of para-hydroxylation sites is 2. The average molecular weight is 458 g/mol. The highest BCUT2D eigenvalue weighted by Gasteiger charge is 2.31. The van der Waals surface area contributed by atoms with Crippen LogP contribution in [-0.4, -0.2) is 35.8 Å². The van der Waals surface area contributed by atoms with Gasteiger partial charge in [-0.1, -0.05) is 32.0 Å². The van der Waals surface area contributed by atoms with Crippen LogP contribution >= 0.6 is 0 Å². The van der Waals surface area contributed by atoms with Gasteiger partial charge >= 0.3 is 0 Å². The summed E-state index contributed by atoms with van der Waals surface area (Å²) in [5.41, 5.74) is 2.69. The number of piperidine rings is 1. The molecule has 8 nitrogen and oxygen atoms in total. The Balaban J connectivity index is 1.44. The van der Waals surface area contributed by atoms with Crippen molar-refractivity contribution in [2.75, 3.05) is 24.8 Å². The molecule has 0 unspecified atom stereocenters. The first kappa shape index (κ1) is 22.0. The Morgan fingerprint density at radius 2 is 1.82 bits per heavy atom. The first-order valence-corrected chi connectivity index (χ1v) is 11.6. The first-order valence-electron chi connectivity index (χ1n) is 11.6. The minimum atomic E-state index is -1.08. The summed E-state index contributed by atoms with van der Waals surface area (Å²) in [6.07, 6.45) is 1.14. The molecule has 0 aliphatic carbocycles. The summed E-state index contributed by atoms with van der Waals surface area (Å²) in [7, 11) is 0. The highest BCUT2D eigenvalue weighted by molar-refractivity contribution is 5.88. The third-order valence-electron chi connectivity index (χ3n) is 6.31. The smallest absolute Gasteiger partial charge is 0.243 e. The summed E-state index contributed by atoms with van der Waals surface area (Å²) in [5, 5.41) is 12.9. The van der Waals surface area contributed by atoms with Gasteiger partial charge in [-0.25, -0.2) is 9.97 Å². The van der Waals surface area contributed by atoms with Crippen LogP contribution in [0.5, 0.6) is 11.5 Å². The van der Waals surface area contributed by atoms with Gasteiger partial charge in [-0.2, -0.15) is 5.26 Å². The second kappa shape index (κ2) is 9.18. The SMILES string of the molecule is C[C@H]1C[C@H](C)CN(c2nc3ccccc3nc2[C@@H](C#N)C(=O)NCc2ccc3c(c2)OCO3)C1. The molecular weight excluding hydrogens is 430 g/mol. The molecule has 3 atom stereocenters. The Hall–Kier alpha value is -3.86. The quantitative estimate of drug-likeness (QED) is 0.622. The van der Waals surface area contributed by atoms with Crippen LogP contribution in [-0.2, 0) is 11.3 Å². The maximum absolute atomic E-state index is 13.2. The predicted molar refractivity (Wildman–Crippen MR) is 127 cm³/mol. The lowest BCUT2D eigenvalue weighted by Gasteiger charge is -2.36. The number of benzene rings is 2. The van der Waals surface area contributed by atoms with Gasteiger partial charge in [0.15, 0.2) is 23.2 Å². The molecule has 1 aromatic heterocycles. The minimum Gasteiger partial charge on any atom is -0.454 e. The van der Waals surface area contributed by atoms with E-state index >= 15 is 0 Å². The standard InChI is InChI=1S/C26H27N5O3/c1-16-9-17(2)14-31(13-16)25-24(29-20-5-3-4-6-21(20)30-25)19(11-27)26(32)28-12-18-7-8-22-23(10-18)34-15-33-22/h3-8,10,16-17,19H,9,12-15H2,1-2H3,(H,28,32)/t16-,17-,19+/m0/s1. The summed E-state index contributed by atoms with van der Waals surface area (Å²) in [4.78, 5) is 25.0. The molecule has 5 rings (SSSR count). The van der Waals surface area contributed by atoms with Gasteiger partial charge in [0.2, 0.25) is 12.7 Å². The second-order valence-corrected chi connectivity index (χ2v) is 9.24. The maximum Gasteiger partial charge on any atom is 0.243 e. The average Bonchev–Trinajstić information content (AvgIpc) is 3.30. The van der Waals surface area contributed by atoms with Crippen LogP contribution in [0, 0.1) is 23.2 Å². The van der Waals surface area contributed by atoms with Crippen LogP contribution in [0.2, 0.25) is 0 Å². The molecule has 8 heteroatoms. The van der Waals surface area contributed by atoms with Crippen molar-refractivity contribution in [2.24, 2.45) is 11.8 Å². The minimum absolute atomic E-state index is 0.193. The van der Waals surface area contributed by atoms with Crippen LogP contribution in [0.1, 0.15) is 37.4 Å². The third-order valence-corrected chi connectivity index (χ3v) is 6.31. The van der Waals surface area contributed by atoms with Crippen LogP contribution < -0.4 is 19.7 Å². The highest BCUT2D eigenvalue weighted by Crippen LogP contribution is 2.33.